The fraction of sp³-hybridized carbons (Fsp3) is 0.808. The van der Waals surface area contributed by atoms with Crippen LogP contribution in [0, 0.1) is 0 Å². The van der Waals surface area contributed by atoms with Crippen molar-refractivity contribution in [2.45, 2.75) is 264 Å². The normalized spacial score (nSPS) is 13.7. The highest BCUT2D eigenvalue weighted by Gasteiger charge is 2.24. The molecule has 0 aromatic carbocycles. The van der Waals surface area contributed by atoms with E-state index in [2.05, 4.69) is 74.7 Å². The Morgan fingerprint density at radius 2 is 0.931 bits per heavy atom. The SMILES string of the molecule is CC/C=C/C/C=C/C/C=C/C/C=C/CCCC(CC(=O)NC(CO)C(O)CCCCCCCCCCCCCC)OC(=O)CCCCCCCCCCCCCCC. The Balaban J connectivity index is 4.66. The van der Waals surface area contributed by atoms with Crippen molar-refractivity contribution < 1.29 is 24.5 Å². The largest absolute Gasteiger partial charge is 0.462 e. The lowest BCUT2D eigenvalue weighted by atomic mass is 10.0. The lowest BCUT2D eigenvalue weighted by Crippen LogP contribution is -2.46. The van der Waals surface area contributed by atoms with Crippen LogP contribution in [0.5, 0.6) is 0 Å². The lowest BCUT2D eigenvalue weighted by molar-refractivity contribution is -0.151. The predicted octanol–water partition coefficient (Wildman–Crippen LogP) is 14.7. The van der Waals surface area contributed by atoms with Crippen LogP contribution in [0.2, 0.25) is 0 Å². The molecular formula is C52H95NO5. The average Bonchev–Trinajstić information content (AvgIpc) is 3.22. The summed E-state index contributed by atoms with van der Waals surface area (Å²) in [7, 11) is 0. The number of allylic oxidation sites excluding steroid dienone is 8. The number of aliphatic hydroxyl groups is 2. The number of hydrogen-bond donors (Lipinski definition) is 3. The Hall–Kier alpha value is -2.18. The van der Waals surface area contributed by atoms with Gasteiger partial charge >= 0.3 is 5.97 Å². The number of nitrogens with one attached hydrogen (secondary N) is 1. The molecule has 0 spiro atoms. The third-order valence-electron chi connectivity index (χ3n) is 11.2. The number of amides is 1. The zero-order valence-electron chi connectivity index (χ0n) is 38.4. The van der Waals surface area contributed by atoms with Gasteiger partial charge in [-0.25, -0.2) is 0 Å². The maximum Gasteiger partial charge on any atom is 0.306 e. The van der Waals surface area contributed by atoms with Crippen molar-refractivity contribution in [2.75, 3.05) is 6.61 Å². The summed E-state index contributed by atoms with van der Waals surface area (Å²) in [4.78, 5) is 26.1. The van der Waals surface area contributed by atoms with Crippen LogP contribution in [0.3, 0.4) is 0 Å². The van der Waals surface area contributed by atoms with Crippen molar-refractivity contribution >= 4 is 11.9 Å². The molecule has 338 valence electrons. The van der Waals surface area contributed by atoms with Crippen LogP contribution in [-0.4, -0.2) is 46.9 Å². The van der Waals surface area contributed by atoms with Gasteiger partial charge in [-0.1, -0.05) is 223 Å². The first-order valence-electron chi connectivity index (χ1n) is 24.9. The Bertz CT molecular complexity index is 1000. The minimum absolute atomic E-state index is 0.0420. The second-order valence-electron chi connectivity index (χ2n) is 16.8. The Labute approximate surface area is 359 Å². The summed E-state index contributed by atoms with van der Waals surface area (Å²) in [6, 6.07) is -0.716. The van der Waals surface area contributed by atoms with E-state index in [1.807, 2.05) is 0 Å². The number of rotatable bonds is 44. The molecule has 0 radical (unpaired) electrons. The standard InChI is InChI=1S/C52H95NO5/c1-4-7-10-13-16-19-22-25-27-28-31-34-37-40-43-48(58-52(57)45-42-39-36-33-30-26-23-20-17-14-11-8-5-2)46-51(56)53-49(47-54)50(55)44-41-38-35-32-29-24-21-18-15-12-9-6-3/h7,10,16,19,25,27,31,34,48-50,54-55H,4-6,8-9,11-15,17-18,20-24,26,28-30,32-33,35-47H2,1-3H3,(H,53,56)/b10-7+,19-16+,27-25+,34-31+. The molecule has 0 saturated heterocycles. The summed E-state index contributed by atoms with van der Waals surface area (Å²) in [6.45, 7) is 6.35. The molecular weight excluding hydrogens is 719 g/mol. The van der Waals surface area contributed by atoms with Crippen LogP contribution < -0.4 is 5.32 Å². The summed E-state index contributed by atoms with van der Waals surface area (Å²) in [5.74, 6) is -0.523. The van der Waals surface area contributed by atoms with Crippen LogP contribution in [0.15, 0.2) is 48.6 Å². The van der Waals surface area contributed by atoms with Gasteiger partial charge in [0.2, 0.25) is 5.91 Å². The molecule has 0 saturated carbocycles. The van der Waals surface area contributed by atoms with E-state index in [4.69, 9.17) is 4.74 Å². The fourth-order valence-electron chi connectivity index (χ4n) is 7.43. The smallest absolute Gasteiger partial charge is 0.306 e. The first kappa shape index (κ1) is 55.8. The summed E-state index contributed by atoms with van der Waals surface area (Å²) >= 11 is 0. The van der Waals surface area contributed by atoms with Crippen molar-refractivity contribution in [1.82, 2.24) is 5.32 Å². The van der Waals surface area contributed by atoms with Gasteiger partial charge in [-0.15, -0.1) is 0 Å². The molecule has 0 bridgehead atoms. The zero-order chi connectivity index (χ0) is 42.4. The molecule has 3 unspecified atom stereocenters. The number of esters is 1. The molecule has 3 atom stereocenters. The molecule has 0 aliphatic rings. The maximum absolute atomic E-state index is 13.2. The summed E-state index contributed by atoms with van der Waals surface area (Å²) in [5, 5.41) is 23.7. The molecule has 0 aliphatic carbocycles. The van der Waals surface area contributed by atoms with Gasteiger partial charge in [0.15, 0.2) is 0 Å². The predicted molar refractivity (Wildman–Crippen MR) is 250 cm³/mol. The molecule has 0 aromatic rings. The van der Waals surface area contributed by atoms with Crippen molar-refractivity contribution in [3.63, 3.8) is 0 Å². The molecule has 0 aromatic heterocycles. The fourth-order valence-corrected chi connectivity index (χ4v) is 7.43. The van der Waals surface area contributed by atoms with Gasteiger partial charge < -0.3 is 20.3 Å². The van der Waals surface area contributed by atoms with Crippen molar-refractivity contribution in [2.24, 2.45) is 0 Å². The molecule has 58 heavy (non-hydrogen) atoms. The maximum atomic E-state index is 13.2. The zero-order valence-corrected chi connectivity index (χ0v) is 38.4. The van der Waals surface area contributed by atoms with Crippen LogP contribution in [0.4, 0.5) is 0 Å². The van der Waals surface area contributed by atoms with E-state index in [1.54, 1.807) is 0 Å². The Kier molecular flexibility index (Phi) is 44.2. The van der Waals surface area contributed by atoms with Gasteiger partial charge in [-0.3, -0.25) is 9.59 Å². The van der Waals surface area contributed by atoms with E-state index in [1.165, 1.54) is 122 Å². The number of unbranched alkanes of at least 4 members (excludes halogenated alkanes) is 24. The van der Waals surface area contributed by atoms with Crippen LogP contribution in [0.1, 0.15) is 245 Å². The first-order chi connectivity index (χ1) is 28.5. The van der Waals surface area contributed by atoms with Crippen molar-refractivity contribution in [3.8, 4) is 0 Å². The summed E-state index contributed by atoms with van der Waals surface area (Å²) in [5.41, 5.74) is 0. The average molecular weight is 814 g/mol. The Morgan fingerprint density at radius 3 is 1.38 bits per heavy atom. The minimum atomic E-state index is -0.799. The topological polar surface area (TPSA) is 95.9 Å². The number of carbonyl (C=O) groups excluding carboxylic acids is 2. The highest BCUT2D eigenvalue weighted by molar-refractivity contribution is 5.77. The third-order valence-corrected chi connectivity index (χ3v) is 11.2. The van der Waals surface area contributed by atoms with Gasteiger partial charge in [0, 0.05) is 6.42 Å². The highest BCUT2D eigenvalue weighted by atomic mass is 16.5. The number of aliphatic hydroxyl groups excluding tert-OH is 2. The van der Waals surface area contributed by atoms with Crippen LogP contribution in [0.25, 0.3) is 0 Å². The molecule has 1 amide bonds. The molecule has 6 nitrogen and oxygen atoms in total. The van der Waals surface area contributed by atoms with Crippen molar-refractivity contribution in [1.29, 1.82) is 0 Å². The number of ether oxygens (including phenoxy) is 1. The van der Waals surface area contributed by atoms with Crippen LogP contribution >= 0.6 is 0 Å². The molecule has 6 heteroatoms. The summed E-state index contributed by atoms with van der Waals surface area (Å²) < 4.78 is 5.90. The Morgan fingerprint density at radius 1 is 0.517 bits per heavy atom. The number of carbonyl (C=O) groups is 2. The highest BCUT2D eigenvalue weighted by Crippen LogP contribution is 2.17. The lowest BCUT2D eigenvalue weighted by Gasteiger charge is -2.24. The number of hydrogen-bond acceptors (Lipinski definition) is 5. The van der Waals surface area contributed by atoms with Gasteiger partial charge in [-0.05, 0) is 57.8 Å². The molecule has 3 N–H and O–H groups in total. The van der Waals surface area contributed by atoms with Gasteiger partial charge in [0.25, 0.3) is 0 Å². The second kappa shape index (κ2) is 45.9. The molecule has 0 rings (SSSR count). The van der Waals surface area contributed by atoms with E-state index in [0.717, 1.165) is 77.0 Å². The monoisotopic (exact) mass is 814 g/mol. The minimum Gasteiger partial charge on any atom is -0.462 e. The van der Waals surface area contributed by atoms with Crippen LogP contribution in [-0.2, 0) is 14.3 Å². The van der Waals surface area contributed by atoms with Gasteiger partial charge in [-0.2, -0.15) is 0 Å². The quantitative estimate of drug-likeness (QED) is 0.0323. The van der Waals surface area contributed by atoms with E-state index >= 15 is 0 Å². The summed E-state index contributed by atoms with van der Waals surface area (Å²) in [6.07, 6.45) is 54.6. The molecule has 0 heterocycles. The van der Waals surface area contributed by atoms with Crippen molar-refractivity contribution in [3.05, 3.63) is 48.6 Å². The second-order valence-corrected chi connectivity index (χ2v) is 16.8. The third kappa shape index (κ3) is 40.6. The van der Waals surface area contributed by atoms with E-state index < -0.39 is 18.2 Å². The molecule has 0 aliphatic heterocycles. The van der Waals surface area contributed by atoms with E-state index in [-0.39, 0.29) is 24.9 Å². The first-order valence-corrected chi connectivity index (χ1v) is 24.9. The van der Waals surface area contributed by atoms with Gasteiger partial charge in [0.1, 0.15) is 6.10 Å². The van der Waals surface area contributed by atoms with E-state index in [0.29, 0.717) is 19.3 Å². The molecule has 0 fully saturated rings. The van der Waals surface area contributed by atoms with E-state index in [9.17, 15) is 19.8 Å². The van der Waals surface area contributed by atoms with Gasteiger partial charge in [0.05, 0.1) is 25.2 Å².